The third-order valence-corrected chi connectivity index (χ3v) is 2.86. The molecule has 2 aromatic rings. The van der Waals surface area contributed by atoms with Gasteiger partial charge >= 0.3 is 0 Å². The van der Waals surface area contributed by atoms with Crippen LogP contribution in [-0.4, -0.2) is 5.91 Å². The van der Waals surface area contributed by atoms with E-state index in [2.05, 4.69) is 5.32 Å². The van der Waals surface area contributed by atoms with E-state index in [9.17, 15) is 4.79 Å². The Labute approximate surface area is 117 Å². The number of benzene rings is 2. The molecule has 0 aromatic heterocycles. The van der Waals surface area contributed by atoms with Gasteiger partial charge in [-0.15, -0.1) is 0 Å². The van der Waals surface area contributed by atoms with Crippen molar-refractivity contribution in [1.82, 2.24) is 5.32 Å². The first kappa shape index (κ1) is 13.4. The van der Waals surface area contributed by atoms with Crippen LogP contribution in [0.1, 0.15) is 11.1 Å². The van der Waals surface area contributed by atoms with Gasteiger partial charge in [0.1, 0.15) is 0 Å². The van der Waals surface area contributed by atoms with Crippen LogP contribution in [0.5, 0.6) is 0 Å². The highest BCUT2D eigenvalue weighted by atomic mass is 35.5. The summed E-state index contributed by atoms with van der Waals surface area (Å²) < 4.78 is 0. The summed E-state index contributed by atoms with van der Waals surface area (Å²) in [5.41, 5.74) is 2.02. The third kappa shape index (κ3) is 4.60. The second-order valence-corrected chi connectivity index (χ2v) is 4.52. The van der Waals surface area contributed by atoms with E-state index in [1.54, 1.807) is 18.2 Å². The zero-order chi connectivity index (χ0) is 13.5. The van der Waals surface area contributed by atoms with Crippen molar-refractivity contribution < 1.29 is 4.79 Å². The molecule has 0 saturated carbocycles. The molecule has 2 aromatic carbocycles. The fourth-order valence-electron chi connectivity index (χ4n) is 1.59. The molecular weight excluding hydrogens is 258 g/mol. The quantitative estimate of drug-likeness (QED) is 0.845. The maximum absolute atomic E-state index is 11.6. The molecule has 96 valence electrons. The molecular formula is C16H14ClNO. The Morgan fingerprint density at radius 1 is 1.05 bits per heavy atom. The molecule has 19 heavy (non-hydrogen) atoms. The van der Waals surface area contributed by atoms with Crippen molar-refractivity contribution in [1.29, 1.82) is 0 Å². The summed E-state index contributed by atoms with van der Waals surface area (Å²) in [6, 6.07) is 17.1. The van der Waals surface area contributed by atoms with Crippen LogP contribution in [0.4, 0.5) is 0 Å². The monoisotopic (exact) mass is 271 g/mol. The summed E-state index contributed by atoms with van der Waals surface area (Å²) >= 11 is 5.79. The van der Waals surface area contributed by atoms with Gasteiger partial charge in [-0.1, -0.05) is 54.1 Å². The van der Waals surface area contributed by atoms with Gasteiger partial charge in [0.15, 0.2) is 0 Å². The molecule has 0 aliphatic carbocycles. The lowest BCUT2D eigenvalue weighted by atomic mass is 10.2. The number of nitrogens with one attached hydrogen (secondary N) is 1. The molecule has 0 bridgehead atoms. The predicted octanol–water partition coefficient (Wildman–Crippen LogP) is 3.67. The van der Waals surface area contributed by atoms with Gasteiger partial charge in [0.2, 0.25) is 5.91 Å². The van der Waals surface area contributed by atoms with Gasteiger partial charge < -0.3 is 5.32 Å². The van der Waals surface area contributed by atoms with Gasteiger partial charge in [0.05, 0.1) is 0 Å². The summed E-state index contributed by atoms with van der Waals surface area (Å²) in [6.07, 6.45) is 3.28. The Bertz CT molecular complexity index is 561. The van der Waals surface area contributed by atoms with Crippen LogP contribution in [0, 0.1) is 0 Å². The summed E-state index contributed by atoms with van der Waals surface area (Å²) in [6.45, 7) is 0.532. The average molecular weight is 272 g/mol. The van der Waals surface area contributed by atoms with E-state index in [0.29, 0.717) is 11.6 Å². The van der Waals surface area contributed by atoms with Crippen molar-refractivity contribution in [2.75, 3.05) is 0 Å². The minimum absolute atomic E-state index is 0.112. The van der Waals surface area contributed by atoms with Crippen LogP contribution >= 0.6 is 11.6 Å². The molecule has 0 fully saturated rings. The van der Waals surface area contributed by atoms with Crippen LogP contribution in [0.3, 0.4) is 0 Å². The van der Waals surface area contributed by atoms with Crippen molar-refractivity contribution in [3.8, 4) is 0 Å². The topological polar surface area (TPSA) is 29.1 Å². The second kappa shape index (κ2) is 6.76. The molecule has 0 aliphatic rings. The largest absolute Gasteiger partial charge is 0.348 e. The summed E-state index contributed by atoms with van der Waals surface area (Å²) in [7, 11) is 0. The maximum Gasteiger partial charge on any atom is 0.244 e. The normalized spacial score (nSPS) is 10.6. The molecule has 0 radical (unpaired) electrons. The van der Waals surface area contributed by atoms with Gasteiger partial charge in [-0.3, -0.25) is 4.79 Å². The number of hydrogen-bond acceptors (Lipinski definition) is 1. The first-order chi connectivity index (χ1) is 9.24. The van der Waals surface area contributed by atoms with E-state index in [1.807, 2.05) is 42.5 Å². The zero-order valence-corrected chi connectivity index (χ0v) is 11.1. The molecule has 2 rings (SSSR count). The number of halogens is 1. The molecule has 0 spiro atoms. The van der Waals surface area contributed by atoms with Crippen LogP contribution in [-0.2, 0) is 11.3 Å². The highest BCUT2D eigenvalue weighted by Crippen LogP contribution is 2.10. The van der Waals surface area contributed by atoms with Crippen LogP contribution < -0.4 is 5.32 Å². The fourth-order valence-corrected chi connectivity index (χ4v) is 1.72. The third-order valence-electron chi connectivity index (χ3n) is 2.61. The molecule has 1 amide bonds. The molecule has 0 aliphatic heterocycles. The molecule has 0 heterocycles. The minimum atomic E-state index is -0.112. The second-order valence-electron chi connectivity index (χ2n) is 4.09. The SMILES string of the molecule is O=C(/C=C/c1ccc(Cl)cc1)NCc1ccccc1. The van der Waals surface area contributed by atoms with E-state index < -0.39 is 0 Å². The first-order valence-corrected chi connectivity index (χ1v) is 6.37. The number of rotatable bonds is 4. The van der Waals surface area contributed by atoms with Gasteiger partial charge in [-0.2, -0.15) is 0 Å². The lowest BCUT2D eigenvalue weighted by Gasteiger charge is -2.01. The predicted molar refractivity (Wildman–Crippen MR) is 78.8 cm³/mol. The Morgan fingerprint density at radius 3 is 2.42 bits per heavy atom. The fraction of sp³-hybridized carbons (Fsp3) is 0.0625. The van der Waals surface area contributed by atoms with Crippen molar-refractivity contribution in [3.05, 3.63) is 76.8 Å². The van der Waals surface area contributed by atoms with E-state index in [0.717, 1.165) is 11.1 Å². The van der Waals surface area contributed by atoms with E-state index in [1.165, 1.54) is 6.08 Å². The minimum Gasteiger partial charge on any atom is -0.348 e. The van der Waals surface area contributed by atoms with Gasteiger partial charge in [-0.25, -0.2) is 0 Å². The summed E-state index contributed by atoms with van der Waals surface area (Å²) in [5.74, 6) is -0.112. The van der Waals surface area contributed by atoms with Crippen molar-refractivity contribution in [2.45, 2.75) is 6.54 Å². The summed E-state index contributed by atoms with van der Waals surface area (Å²) in [4.78, 5) is 11.6. The Kier molecular flexibility index (Phi) is 4.76. The van der Waals surface area contributed by atoms with E-state index in [-0.39, 0.29) is 5.91 Å². The highest BCUT2D eigenvalue weighted by Gasteiger charge is 1.96. The number of carbonyl (C=O) groups excluding carboxylic acids is 1. The lowest BCUT2D eigenvalue weighted by molar-refractivity contribution is -0.116. The van der Waals surface area contributed by atoms with E-state index >= 15 is 0 Å². The van der Waals surface area contributed by atoms with E-state index in [4.69, 9.17) is 11.6 Å². The molecule has 0 saturated heterocycles. The smallest absolute Gasteiger partial charge is 0.244 e. The highest BCUT2D eigenvalue weighted by molar-refractivity contribution is 6.30. The zero-order valence-electron chi connectivity index (χ0n) is 10.3. The molecule has 2 nitrogen and oxygen atoms in total. The summed E-state index contributed by atoms with van der Waals surface area (Å²) in [5, 5.41) is 3.51. The number of carbonyl (C=O) groups is 1. The van der Waals surface area contributed by atoms with Gasteiger partial charge in [0, 0.05) is 17.6 Å². The standard InChI is InChI=1S/C16H14ClNO/c17-15-9-6-13(7-10-15)8-11-16(19)18-12-14-4-2-1-3-5-14/h1-11H,12H2,(H,18,19)/b11-8+. The Morgan fingerprint density at radius 2 is 1.74 bits per heavy atom. The molecule has 0 atom stereocenters. The molecule has 1 N–H and O–H groups in total. The van der Waals surface area contributed by atoms with Gasteiger partial charge in [0.25, 0.3) is 0 Å². The van der Waals surface area contributed by atoms with Crippen molar-refractivity contribution in [2.24, 2.45) is 0 Å². The molecule has 3 heteroatoms. The Balaban J connectivity index is 1.86. The molecule has 0 unspecified atom stereocenters. The maximum atomic E-state index is 11.6. The first-order valence-electron chi connectivity index (χ1n) is 5.99. The van der Waals surface area contributed by atoms with Crippen LogP contribution in [0.2, 0.25) is 5.02 Å². The average Bonchev–Trinajstić information content (AvgIpc) is 2.45. The van der Waals surface area contributed by atoms with Crippen molar-refractivity contribution >= 4 is 23.6 Å². The lowest BCUT2D eigenvalue weighted by Crippen LogP contribution is -2.20. The number of amides is 1. The van der Waals surface area contributed by atoms with Crippen LogP contribution in [0.15, 0.2) is 60.7 Å². The Hall–Kier alpha value is -2.06. The van der Waals surface area contributed by atoms with Crippen molar-refractivity contribution in [3.63, 3.8) is 0 Å². The van der Waals surface area contributed by atoms with Crippen LogP contribution in [0.25, 0.3) is 6.08 Å². The van der Waals surface area contributed by atoms with Gasteiger partial charge in [-0.05, 0) is 29.3 Å². The number of hydrogen-bond donors (Lipinski definition) is 1.